The van der Waals surface area contributed by atoms with Crippen molar-refractivity contribution < 1.29 is 4.39 Å². The zero-order valence-corrected chi connectivity index (χ0v) is 13.1. The SMILES string of the molecule is Fc1ccc(Nc2nncc(Nc3ccc(Cl)c(Cl)c3)n2)cc1. The van der Waals surface area contributed by atoms with Crippen LogP contribution in [0.2, 0.25) is 10.0 Å². The highest BCUT2D eigenvalue weighted by Gasteiger charge is 2.04. The van der Waals surface area contributed by atoms with Gasteiger partial charge in [-0.05, 0) is 42.5 Å². The molecule has 0 aliphatic carbocycles. The zero-order valence-electron chi connectivity index (χ0n) is 11.6. The normalized spacial score (nSPS) is 10.4. The summed E-state index contributed by atoms with van der Waals surface area (Å²) in [6, 6.07) is 11.0. The Morgan fingerprint density at radius 3 is 2.35 bits per heavy atom. The highest BCUT2D eigenvalue weighted by Crippen LogP contribution is 2.26. The van der Waals surface area contributed by atoms with Crippen LogP contribution in [0.4, 0.5) is 27.5 Å². The van der Waals surface area contributed by atoms with Gasteiger partial charge in [-0.1, -0.05) is 23.2 Å². The standard InChI is InChI=1S/C15H10Cl2FN5/c16-12-6-5-11(7-13(12)17)20-14-8-19-23-15(22-14)21-10-3-1-9(18)2-4-10/h1-8H,(H2,20,21,22,23). The minimum Gasteiger partial charge on any atom is -0.339 e. The van der Waals surface area contributed by atoms with Crippen LogP contribution >= 0.6 is 23.2 Å². The Labute approximate surface area is 141 Å². The van der Waals surface area contributed by atoms with E-state index in [0.717, 1.165) is 0 Å². The van der Waals surface area contributed by atoms with Crippen LogP contribution in [0.25, 0.3) is 0 Å². The Bertz CT molecular complexity index is 826. The molecule has 3 rings (SSSR count). The maximum atomic E-state index is 12.9. The van der Waals surface area contributed by atoms with Gasteiger partial charge >= 0.3 is 0 Å². The van der Waals surface area contributed by atoms with Crippen LogP contribution in [0, 0.1) is 5.82 Å². The van der Waals surface area contributed by atoms with Crippen LogP contribution in [0.5, 0.6) is 0 Å². The van der Waals surface area contributed by atoms with Gasteiger partial charge in [-0.3, -0.25) is 0 Å². The highest BCUT2D eigenvalue weighted by molar-refractivity contribution is 6.42. The van der Waals surface area contributed by atoms with E-state index in [1.807, 2.05) is 0 Å². The van der Waals surface area contributed by atoms with Gasteiger partial charge in [0.05, 0.1) is 16.2 Å². The first kappa shape index (κ1) is 15.5. The van der Waals surface area contributed by atoms with Crippen molar-refractivity contribution in [1.82, 2.24) is 15.2 Å². The third-order valence-electron chi connectivity index (χ3n) is 2.85. The molecule has 5 nitrogen and oxygen atoms in total. The molecule has 0 saturated carbocycles. The Morgan fingerprint density at radius 1 is 0.870 bits per heavy atom. The molecule has 2 N–H and O–H groups in total. The molecule has 1 aromatic heterocycles. The van der Waals surface area contributed by atoms with E-state index in [9.17, 15) is 4.39 Å². The Hall–Kier alpha value is -2.44. The zero-order chi connectivity index (χ0) is 16.2. The van der Waals surface area contributed by atoms with Crippen LogP contribution in [-0.2, 0) is 0 Å². The molecule has 3 aromatic rings. The van der Waals surface area contributed by atoms with E-state index in [1.165, 1.54) is 18.3 Å². The Balaban J connectivity index is 1.76. The van der Waals surface area contributed by atoms with Crippen LogP contribution in [0.3, 0.4) is 0 Å². The second kappa shape index (κ2) is 6.76. The monoisotopic (exact) mass is 349 g/mol. The molecule has 1 heterocycles. The molecule has 2 aromatic carbocycles. The number of hydrogen-bond acceptors (Lipinski definition) is 5. The van der Waals surface area contributed by atoms with Crippen molar-refractivity contribution in [3.05, 3.63) is 64.5 Å². The van der Waals surface area contributed by atoms with Crippen molar-refractivity contribution in [3.8, 4) is 0 Å². The van der Waals surface area contributed by atoms with Gasteiger partial charge in [0.15, 0.2) is 5.82 Å². The van der Waals surface area contributed by atoms with E-state index < -0.39 is 0 Å². The summed E-state index contributed by atoms with van der Waals surface area (Å²) in [5, 5.41) is 14.6. The molecule has 23 heavy (non-hydrogen) atoms. The molecule has 0 aliphatic heterocycles. The van der Waals surface area contributed by atoms with Gasteiger partial charge in [0, 0.05) is 11.4 Å². The molecule has 0 fully saturated rings. The lowest BCUT2D eigenvalue weighted by Gasteiger charge is -2.08. The number of hydrogen-bond donors (Lipinski definition) is 2. The average molecular weight is 350 g/mol. The molecule has 0 radical (unpaired) electrons. The lowest BCUT2D eigenvalue weighted by molar-refractivity contribution is 0.628. The van der Waals surface area contributed by atoms with E-state index in [2.05, 4.69) is 25.8 Å². The van der Waals surface area contributed by atoms with Gasteiger partial charge in [0.2, 0.25) is 5.95 Å². The third-order valence-corrected chi connectivity index (χ3v) is 3.59. The van der Waals surface area contributed by atoms with Crippen molar-refractivity contribution in [1.29, 1.82) is 0 Å². The van der Waals surface area contributed by atoms with E-state index in [0.29, 0.717) is 27.2 Å². The molecule has 0 unspecified atom stereocenters. The number of anilines is 4. The number of nitrogens with one attached hydrogen (secondary N) is 2. The van der Waals surface area contributed by atoms with E-state index in [4.69, 9.17) is 23.2 Å². The van der Waals surface area contributed by atoms with E-state index >= 15 is 0 Å². The smallest absolute Gasteiger partial charge is 0.249 e. The molecule has 116 valence electrons. The summed E-state index contributed by atoms with van der Waals surface area (Å²) in [5.41, 5.74) is 1.37. The van der Waals surface area contributed by atoms with Gasteiger partial charge in [-0.2, -0.15) is 10.1 Å². The second-order valence-electron chi connectivity index (χ2n) is 4.55. The maximum absolute atomic E-state index is 12.9. The van der Waals surface area contributed by atoms with Crippen LogP contribution < -0.4 is 10.6 Å². The fourth-order valence-electron chi connectivity index (χ4n) is 1.80. The predicted octanol–water partition coefficient (Wildman–Crippen LogP) is 4.80. The molecule has 0 aliphatic rings. The summed E-state index contributed by atoms with van der Waals surface area (Å²) in [4.78, 5) is 4.27. The Morgan fingerprint density at radius 2 is 1.61 bits per heavy atom. The number of halogens is 3. The average Bonchev–Trinajstić information content (AvgIpc) is 2.54. The van der Waals surface area contributed by atoms with Crippen molar-refractivity contribution in [3.63, 3.8) is 0 Å². The first-order chi connectivity index (χ1) is 11.1. The van der Waals surface area contributed by atoms with Gasteiger partial charge in [0.1, 0.15) is 5.82 Å². The second-order valence-corrected chi connectivity index (χ2v) is 5.37. The summed E-state index contributed by atoms with van der Waals surface area (Å²) >= 11 is 11.8. The predicted molar refractivity (Wildman–Crippen MR) is 89.3 cm³/mol. The van der Waals surface area contributed by atoms with E-state index in [-0.39, 0.29) is 11.8 Å². The van der Waals surface area contributed by atoms with E-state index in [1.54, 1.807) is 30.3 Å². The van der Waals surface area contributed by atoms with Gasteiger partial charge in [-0.15, -0.1) is 5.10 Å². The summed E-state index contributed by atoms with van der Waals surface area (Å²) in [6.07, 6.45) is 1.47. The van der Waals surface area contributed by atoms with Crippen LogP contribution in [0.1, 0.15) is 0 Å². The number of rotatable bonds is 4. The molecule has 0 bridgehead atoms. The topological polar surface area (TPSA) is 62.7 Å². The van der Waals surface area contributed by atoms with Crippen molar-refractivity contribution in [2.24, 2.45) is 0 Å². The summed E-state index contributed by atoms with van der Waals surface area (Å²) in [7, 11) is 0. The molecular formula is C15H10Cl2FN5. The molecular weight excluding hydrogens is 340 g/mol. The molecule has 0 amide bonds. The minimum absolute atomic E-state index is 0.279. The maximum Gasteiger partial charge on any atom is 0.249 e. The van der Waals surface area contributed by atoms with Crippen LogP contribution in [0.15, 0.2) is 48.7 Å². The quantitative estimate of drug-likeness (QED) is 0.707. The number of benzene rings is 2. The van der Waals surface area contributed by atoms with Crippen molar-refractivity contribution in [2.45, 2.75) is 0 Å². The number of aromatic nitrogens is 3. The first-order valence-electron chi connectivity index (χ1n) is 6.54. The van der Waals surface area contributed by atoms with Gasteiger partial charge in [-0.25, -0.2) is 4.39 Å². The first-order valence-corrected chi connectivity index (χ1v) is 7.30. The van der Waals surface area contributed by atoms with Crippen molar-refractivity contribution >= 4 is 46.3 Å². The Kier molecular flexibility index (Phi) is 4.55. The largest absolute Gasteiger partial charge is 0.339 e. The van der Waals surface area contributed by atoms with Crippen LogP contribution in [-0.4, -0.2) is 15.2 Å². The van der Waals surface area contributed by atoms with Crippen molar-refractivity contribution in [2.75, 3.05) is 10.6 Å². The van der Waals surface area contributed by atoms with Gasteiger partial charge < -0.3 is 10.6 Å². The molecule has 8 heteroatoms. The third kappa shape index (κ3) is 4.06. The fraction of sp³-hybridized carbons (Fsp3) is 0. The number of nitrogens with zero attached hydrogens (tertiary/aromatic N) is 3. The summed E-state index contributed by atoms with van der Waals surface area (Å²) in [5.74, 6) is 0.439. The van der Waals surface area contributed by atoms with Gasteiger partial charge in [0.25, 0.3) is 0 Å². The lowest BCUT2D eigenvalue weighted by atomic mass is 10.3. The molecule has 0 saturated heterocycles. The summed E-state index contributed by atoms with van der Waals surface area (Å²) in [6.45, 7) is 0. The fourth-order valence-corrected chi connectivity index (χ4v) is 2.10. The molecule has 0 spiro atoms. The minimum atomic E-state index is -0.315. The highest BCUT2D eigenvalue weighted by atomic mass is 35.5. The molecule has 0 atom stereocenters. The lowest BCUT2D eigenvalue weighted by Crippen LogP contribution is -2.02. The summed E-state index contributed by atoms with van der Waals surface area (Å²) < 4.78 is 12.9.